The lowest BCUT2D eigenvalue weighted by molar-refractivity contribution is -0.118. The Balaban J connectivity index is 1.65. The molecule has 6 heteroatoms. The number of para-hydroxylation sites is 1. The van der Waals surface area contributed by atoms with Crippen LogP contribution in [0.1, 0.15) is 52.5 Å². The van der Waals surface area contributed by atoms with Crippen LogP contribution in [0.3, 0.4) is 0 Å². The molecule has 6 nitrogen and oxygen atoms in total. The zero-order valence-corrected chi connectivity index (χ0v) is 14.7. The Morgan fingerprint density at radius 1 is 1.12 bits per heavy atom. The van der Waals surface area contributed by atoms with Gasteiger partial charge in [-0.25, -0.2) is 0 Å². The molecule has 0 bridgehead atoms. The first-order valence-corrected chi connectivity index (χ1v) is 8.51. The summed E-state index contributed by atoms with van der Waals surface area (Å²) in [5.41, 5.74) is 2.08. The summed E-state index contributed by atoms with van der Waals surface area (Å²) in [6.45, 7) is 4.07. The Morgan fingerprint density at radius 3 is 2.62 bits per heavy atom. The van der Waals surface area contributed by atoms with E-state index in [-0.39, 0.29) is 18.1 Å². The van der Waals surface area contributed by atoms with Crippen LogP contribution in [0.15, 0.2) is 42.5 Å². The number of carbonyl (C=O) groups excluding carboxylic acids is 3. The van der Waals surface area contributed by atoms with Crippen LogP contribution in [0.2, 0.25) is 0 Å². The van der Waals surface area contributed by atoms with E-state index in [4.69, 9.17) is 4.74 Å². The lowest BCUT2D eigenvalue weighted by Crippen LogP contribution is -2.21. The lowest BCUT2D eigenvalue weighted by Gasteiger charge is -2.15. The molecule has 2 aromatic rings. The van der Waals surface area contributed by atoms with E-state index in [1.807, 2.05) is 24.3 Å². The highest BCUT2D eigenvalue weighted by Gasteiger charge is 2.26. The molecule has 1 aliphatic rings. The van der Waals surface area contributed by atoms with Gasteiger partial charge in [-0.2, -0.15) is 0 Å². The van der Waals surface area contributed by atoms with Gasteiger partial charge in [0.2, 0.25) is 0 Å². The zero-order chi connectivity index (χ0) is 18.7. The van der Waals surface area contributed by atoms with Crippen LogP contribution in [0.4, 0.5) is 5.69 Å². The predicted molar refractivity (Wildman–Crippen MR) is 97.5 cm³/mol. The van der Waals surface area contributed by atoms with Crippen LogP contribution >= 0.6 is 0 Å². The van der Waals surface area contributed by atoms with Crippen molar-refractivity contribution in [1.82, 2.24) is 5.32 Å². The molecule has 0 aromatic heterocycles. The first kappa shape index (κ1) is 17.7. The lowest BCUT2D eigenvalue weighted by atomic mass is 9.98. The standard InChI is InChI=1S/C20H20N2O4/c1-3-12(2)14-6-4-5-7-17(14)26-11-18(23)21-13-8-9-15-16(10-13)20(25)22-19(15)24/h4-10,12H,3,11H2,1-2H3,(H,21,23)(H,22,24,25). The van der Waals surface area contributed by atoms with E-state index in [1.54, 1.807) is 6.07 Å². The third-order valence-electron chi connectivity index (χ3n) is 4.44. The Bertz CT molecular complexity index is 876. The average molecular weight is 352 g/mol. The first-order chi connectivity index (χ1) is 12.5. The summed E-state index contributed by atoms with van der Waals surface area (Å²) in [6, 6.07) is 12.3. The fraction of sp³-hybridized carbons (Fsp3) is 0.250. The Hall–Kier alpha value is -3.15. The van der Waals surface area contributed by atoms with Crippen LogP contribution in [-0.2, 0) is 4.79 Å². The molecule has 134 valence electrons. The minimum absolute atomic E-state index is 0.143. The molecule has 1 aliphatic heterocycles. The topological polar surface area (TPSA) is 84.5 Å². The van der Waals surface area contributed by atoms with E-state index in [1.165, 1.54) is 12.1 Å². The summed E-state index contributed by atoms with van der Waals surface area (Å²) >= 11 is 0. The number of amides is 3. The van der Waals surface area contributed by atoms with Gasteiger partial charge < -0.3 is 10.1 Å². The number of benzene rings is 2. The SMILES string of the molecule is CCC(C)c1ccccc1OCC(=O)Nc1ccc2c(c1)C(=O)NC2=O. The minimum atomic E-state index is -0.458. The van der Waals surface area contributed by atoms with Crippen molar-refractivity contribution in [1.29, 1.82) is 0 Å². The monoisotopic (exact) mass is 352 g/mol. The predicted octanol–water partition coefficient (Wildman–Crippen LogP) is 3.10. The van der Waals surface area contributed by atoms with Crippen molar-refractivity contribution in [2.45, 2.75) is 26.2 Å². The average Bonchev–Trinajstić information content (AvgIpc) is 2.93. The van der Waals surface area contributed by atoms with Crippen LogP contribution in [0.25, 0.3) is 0 Å². The van der Waals surface area contributed by atoms with Gasteiger partial charge in [-0.05, 0) is 42.2 Å². The maximum Gasteiger partial charge on any atom is 0.262 e. The van der Waals surface area contributed by atoms with Crippen LogP contribution in [0, 0.1) is 0 Å². The second-order valence-electron chi connectivity index (χ2n) is 6.23. The fourth-order valence-electron chi connectivity index (χ4n) is 2.83. The second kappa shape index (κ2) is 7.39. The number of fused-ring (bicyclic) bond motifs is 1. The van der Waals surface area contributed by atoms with Gasteiger partial charge >= 0.3 is 0 Å². The van der Waals surface area contributed by atoms with Crippen molar-refractivity contribution in [3.63, 3.8) is 0 Å². The molecule has 3 rings (SSSR count). The van der Waals surface area contributed by atoms with Crippen molar-refractivity contribution in [2.75, 3.05) is 11.9 Å². The van der Waals surface area contributed by atoms with E-state index >= 15 is 0 Å². The number of imide groups is 1. The molecule has 0 saturated carbocycles. The maximum atomic E-state index is 12.2. The number of anilines is 1. The van der Waals surface area contributed by atoms with E-state index in [0.29, 0.717) is 22.9 Å². The van der Waals surface area contributed by atoms with Gasteiger partial charge in [0, 0.05) is 5.69 Å². The molecule has 0 radical (unpaired) electrons. The van der Waals surface area contributed by atoms with Crippen molar-refractivity contribution in [3.05, 3.63) is 59.2 Å². The normalized spacial score (nSPS) is 13.8. The molecule has 0 fully saturated rings. The first-order valence-electron chi connectivity index (χ1n) is 8.51. The highest BCUT2D eigenvalue weighted by molar-refractivity contribution is 6.22. The van der Waals surface area contributed by atoms with Crippen molar-refractivity contribution >= 4 is 23.4 Å². The molecule has 2 aromatic carbocycles. The summed E-state index contributed by atoms with van der Waals surface area (Å²) < 4.78 is 5.68. The number of hydrogen-bond acceptors (Lipinski definition) is 4. The molecule has 2 N–H and O–H groups in total. The number of rotatable bonds is 6. The molecule has 0 saturated heterocycles. The third kappa shape index (κ3) is 3.59. The summed E-state index contributed by atoms with van der Waals surface area (Å²) in [7, 11) is 0. The third-order valence-corrected chi connectivity index (χ3v) is 4.44. The summed E-state index contributed by atoms with van der Waals surface area (Å²) in [4.78, 5) is 35.4. The van der Waals surface area contributed by atoms with Crippen LogP contribution in [0.5, 0.6) is 5.75 Å². The van der Waals surface area contributed by atoms with Crippen LogP contribution in [-0.4, -0.2) is 24.3 Å². The van der Waals surface area contributed by atoms with Gasteiger partial charge in [0.25, 0.3) is 17.7 Å². The molecule has 1 atom stereocenters. The molecule has 0 aliphatic carbocycles. The zero-order valence-electron chi connectivity index (χ0n) is 14.7. The molecular weight excluding hydrogens is 332 g/mol. The van der Waals surface area contributed by atoms with Crippen molar-refractivity contribution < 1.29 is 19.1 Å². The van der Waals surface area contributed by atoms with Gasteiger partial charge in [-0.1, -0.05) is 32.0 Å². The fourth-order valence-corrected chi connectivity index (χ4v) is 2.83. The van der Waals surface area contributed by atoms with E-state index < -0.39 is 11.8 Å². The summed E-state index contributed by atoms with van der Waals surface area (Å²) in [6.07, 6.45) is 0.975. The molecule has 1 unspecified atom stereocenters. The number of ether oxygens (including phenoxy) is 1. The second-order valence-corrected chi connectivity index (χ2v) is 6.23. The molecule has 0 spiro atoms. The van der Waals surface area contributed by atoms with Gasteiger partial charge in [0.05, 0.1) is 11.1 Å². The van der Waals surface area contributed by atoms with Crippen molar-refractivity contribution in [2.24, 2.45) is 0 Å². The molecule has 26 heavy (non-hydrogen) atoms. The van der Waals surface area contributed by atoms with Gasteiger partial charge in [0.15, 0.2) is 6.61 Å². The van der Waals surface area contributed by atoms with Gasteiger partial charge in [-0.15, -0.1) is 0 Å². The van der Waals surface area contributed by atoms with Crippen LogP contribution < -0.4 is 15.4 Å². The Morgan fingerprint density at radius 2 is 1.85 bits per heavy atom. The van der Waals surface area contributed by atoms with E-state index in [9.17, 15) is 14.4 Å². The Labute approximate surface area is 151 Å². The highest BCUT2D eigenvalue weighted by atomic mass is 16.5. The minimum Gasteiger partial charge on any atom is -0.483 e. The number of nitrogens with one attached hydrogen (secondary N) is 2. The molecule has 1 heterocycles. The summed E-state index contributed by atoms with van der Waals surface area (Å²) in [5, 5.41) is 4.90. The van der Waals surface area contributed by atoms with E-state index in [0.717, 1.165) is 12.0 Å². The smallest absolute Gasteiger partial charge is 0.262 e. The Kier molecular flexibility index (Phi) is 5.02. The summed E-state index contributed by atoms with van der Waals surface area (Å²) in [5.74, 6) is -0.195. The maximum absolute atomic E-state index is 12.2. The van der Waals surface area contributed by atoms with Crippen molar-refractivity contribution in [3.8, 4) is 5.75 Å². The molecule has 3 amide bonds. The van der Waals surface area contributed by atoms with Gasteiger partial charge in [0.1, 0.15) is 5.75 Å². The highest BCUT2D eigenvalue weighted by Crippen LogP contribution is 2.28. The largest absolute Gasteiger partial charge is 0.483 e. The number of carbonyl (C=O) groups is 3. The number of hydrogen-bond donors (Lipinski definition) is 2. The molecular formula is C20H20N2O4. The quantitative estimate of drug-likeness (QED) is 0.783. The van der Waals surface area contributed by atoms with Gasteiger partial charge in [-0.3, -0.25) is 19.7 Å². The van der Waals surface area contributed by atoms with E-state index in [2.05, 4.69) is 24.5 Å².